The number of sulfonamides is 1. The molecule has 8 heteroatoms. The van der Waals surface area contributed by atoms with E-state index in [1.807, 2.05) is 0 Å². The summed E-state index contributed by atoms with van der Waals surface area (Å²) in [6.45, 7) is 0. The number of carbonyl (C=O) groups excluding carboxylic acids is 1. The molecule has 2 rings (SSSR count). The molecular formula is C17H19ClN2O4S. The highest BCUT2D eigenvalue weighted by atomic mass is 35.5. The lowest BCUT2D eigenvalue weighted by Gasteiger charge is -2.15. The number of halogens is 1. The molecule has 0 fully saturated rings. The molecular weight excluding hydrogens is 364 g/mol. The first-order chi connectivity index (χ1) is 11.8. The van der Waals surface area contributed by atoms with Crippen molar-refractivity contribution in [2.45, 2.75) is 11.3 Å². The van der Waals surface area contributed by atoms with Crippen LogP contribution in [0.3, 0.4) is 0 Å². The Bertz CT molecular complexity index is 882. The minimum absolute atomic E-state index is 0.0614. The standard InChI is InChI=1S/C17H19ClN2O4S/c1-20(2)25(22,23)13-8-9-16(24-3)15(11-13)19-17(21)10-12-6-4-5-7-14(12)18/h4-9,11H,10H2,1-3H3,(H,19,21). The highest BCUT2D eigenvalue weighted by molar-refractivity contribution is 7.89. The van der Waals surface area contributed by atoms with Gasteiger partial charge in [0.15, 0.2) is 0 Å². The highest BCUT2D eigenvalue weighted by Gasteiger charge is 2.20. The molecule has 0 bridgehead atoms. The van der Waals surface area contributed by atoms with E-state index < -0.39 is 10.0 Å². The van der Waals surface area contributed by atoms with Gasteiger partial charge in [-0.1, -0.05) is 29.8 Å². The zero-order valence-electron chi connectivity index (χ0n) is 14.1. The molecule has 0 spiro atoms. The van der Waals surface area contributed by atoms with Gasteiger partial charge in [-0.25, -0.2) is 12.7 Å². The van der Waals surface area contributed by atoms with E-state index in [2.05, 4.69) is 5.32 Å². The largest absolute Gasteiger partial charge is 0.495 e. The molecule has 0 aliphatic rings. The smallest absolute Gasteiger partial charge is 0.242 e. The minimum atomic E-state index is -3.62. The van der Waals surface area contributed by atoms with Gasteiger partial charge in [0.2, 0.25) is 15.9 Å². The van der Waals surface area contributed by atoms with Crippen molar-refractivity contribution in [3.63, 3.8) is 0 Å². The van der Waals surface area contributed by atoms with E-state index in [0.29, 0.717) is 16.3 Å². The molecule has 134 valence electrons. The van der Waals surface area contributed by atoms with Crippen LogP contribution in [-0.2, 0) is 21.2 Å². The molecule has 0 aliphatic carbocycles. The van der Waals surface area contributed by atoms with Crippen LogP contribution in [0.5, 0.6) is 5.75 Å². The minimum Gasteiger partial charge on any atom is -0.495 e. The van der Waals surface area contributed by atoms with Crippen molar-refractivity contribution in [3.8, 4) is 5.75 Å². The summed E-state index contributed by atoms with van der Waals surface area (Å²) >= 11 is 6.06. The van der Waals surface area contributed by atoms with Crippen LogP contribution in [0.2, 0.25) is 5.02 Å². The molecule has 2 aromatic rings. The summed E-state index contributed by atoms with van der Waals surface area (Å²) < 4.78 is 30.8. The number of amides is 1. The molecule has 0 saturated heterocycles. The second kappa shape index (κ2) is 7.86. The summed E-state index contributed by atoms with van der Waals surface area (Å²) in [5.74, 6) is 0.0380. The molecule has 0 radical (unpaired) electrons. The third kappa shape index (κ3) is 4.50. The van der Waals surface area contributed by atoms with E-state index in [0.717, 1.165) is 4.31 Å². The first-order valence-corrected chi connectivity index (χ1v) is 9.21. The van der Waals surface area contributed by atoms with Gasteiger partial charge < -0.3 is 10.1 Å². The van der Waals surface area contributed by atoms with Gasteiger partial charge in [-0.3, -0.25) is 4.79 Å². The molecule has 1 N–H and O–H groups in total. The van der Waals surface area contributed by atoms with Crippen LogP contribution in [-0.4, -0.2) is 39.8 Å². The third-order valence-corrected chi connectivity index (χ3v) is 5.71. The van der Waals surface area contributed by atoms with E-state index in [4.69, 9.17) is 16.3 Å². The predicted octanol–water partition coefficient (Wildman–Crippen LogP) is 2.78. The number of carbonyl (C=O) groups is 1. The van der Waals surface area contributed by atoms with E-state index in [1.165, 1.54) is 39.4 Å². The van der Waals surface area contributed by atoms with E-state index in [9.17, 15) is 13.2 Å². The van der Waals surface area contributed by atoms with E-state index in [-0.39, 0.29) is 22.9 Å². The van der Waals surface area contributed by atoms with Gasteiger partial charge in [0.05, 0.1) is 24.1 Å². The number of rotatable bonds is 6. The maximum Gasteiger partial charge on any atom is 0.242 e. The normalized spacial score (nSPS) is 11.4. The summed E-state index contributed by atoms with van der Waals surface area (Å²) in [5.41, 5.74) is 0.958. The van der Waals surface area contributed by atoms with Crippen molar-refractivity contribution < 1.29 is 17.9 Å². The van der Waals surface area contributed by atoms with Gasteiger partial charge in [0, 0.05) is 19.1 Å². The molecule has 0 aromatic heterocycles. The number of nitrogens with zero attached hydrogens (tertiary/aromatic N) is 1. The second-order valence-corrected chi connectivity index (χ2v) is 8.02. The molecule has 0 aliphatic heterocycles. The highest BCUT2D eigenvalue weighted by Crippen LogP contribution is 2.28. The number of anilines is 1. The predicted molar refractivity (Wildman–Crippen MR) is 97.7 cm³/mol. The summed E-state index contributed by atoms with van der Waals surface area (Å²) in [7, 11) is 0.703. The maximum absolute atomic E-state index is 12.3. The quantitative estimate of drug-likeness (QED) is 0.833. The van der Waals surface area contributed by atoms with Crippen molar-refractivity contribution in [3.05, 3.63) is 53.1 Å². The molecule has 0 unspecified atom stereocenters. The summed E-state index contributed by atoms with van der Waals surface area (Å²) in [5, 5.41) is 3.18. The van der Waals surface area contributed by atoms with Gasteiger partial charge in [0.1, 0.15) is 5.75 Å². The number of benzene rings is 2. The maximum atomic E-state index is 12.3. The van der Waals surface area contributed by atoms with Gasteiger partial charge in [0.25, 0.3) is 0 Å². The summed E-state index contributed by atoms with van der Waals surface area (Å²) in [6.07, 6.45) is 0.0630. The molecule has 6 nitrogen and oxygen atoms in total. The van der Waals surface area contributed by atoms with Crippen LogP contribution in [0.25, 0.3) is 0 Å². The Labute approximate surface area is 152 Å². The summed E-state index contributed by atoms with van der Waals surface area (Å²) in [4.78, 5) is 12.4. The molecule has 0 atom stereocenters. The van der Waals surface area contributed by atoms with Crippen molar-refractivity contribution in [1.29, 1.82) is 0 Å². The number of nitrogens with one attached hydrogen (secondary N) is 1. The Morgan fingerprint density at radius 1 is 1.20 bits per heavy atom. The SMILES string of the molecule is COc1ccc(S(=O)(=O)N(C)C)cc1NC(=O)Cc1ccccc1Cl. The number of methoxy groups -OCH3 is 1. The van der Waals surface area contributed by atoms with Crippen LogP contribution in [0.15, 0.2) is 47.4 Å². The van der Waals surface area contributed by atoms with Crippen LogP contribution < -0.4 is 10.1 Å². The Morgan fingerprint density at radius 3 is 2.48 bits per heavy atom. The lowest BCUT2D eigenvalue weighted by atomic mass is 10.1. The third-order valence-electron chi connectivity index (χ3n) is 3.53. The zero-order chi connectivity index (χ0) is 18.6. The van der Waals surface area contributed by atoms with Crippen molar-refractivity contribution in [2.24, 2.45) is 0 Å². The second-order valence-electron chi connectivity index (χ2n) is 5.47. The number of hydrogen-bond acceptors (Lipinski definition) is 4. The Kier molecular flexibility index (Phi) is 6.05. The fraction of sp³-hybridized carbons (Fsp3) is 0.235. The zero-order valence-corrected chi connectivity index (χ0v) is 15.7. The van der Waals surface area contributed by atoms with Gasteiger partial charge in [-0.2, -0.15) is 0 Å². The van der Waals surface area contributed by atoms with Gasteiger partial charge >= 0.3 is 0 Å². The first-order valence-electron chi connectivity index (χ1n) is 7.39. The van der Waals surface area contributed by atoms with Gasteiger partial charge in [-0.05, 0) is 29.8 Å². The first kappa shape index (κ1) is 19.2. The van der Waals surface area contributed by atoms with Crippen molar-refractivity contribution in [1.82, 2.24) is 4.31 Å². The van der Waals surface area contributed by atoms with Crippen LogP contribution >= 0.6 is 11.6 Å². The number of hydrogen-bond donors (Lipinski definition) is 1. The monoisotopic (exact) mass is 382 g/mol. The Hall–Kier alpha value is -2.09. The lowest BCUT2D eigenvalue weighted by Crippen LogP contribution is -2.22. The average molecular weight is 383 g/mol. The summed E-state index contributed by atoms with van der Waals surface area (Å²) in [6, 6.07) is 11.3. The van der Waals surface area contributed by atoms with Gasteiger partial charge in [-0.15, -0.1) is 0 Å². The van der Waals surface area contributed by atoms with Crippen LogP contribution in [0, 0.1) is 0 Å². The average Bonchev–Trinajstić information content (AvgIpc) is 2.56. The number of ether oxygens (including phenoxy) is 1. The Morgan fingerprint density at radius 2 is 1.88 bits per heavy atom. The van der Waals surface area contributed by atoms with Crippen molar-refractivity contribution in [2.75, 3.05) is 26.5 Å². The molecule has 0 saturated carbocycles. The van der Waals surface area contributed by atoms with Crippen LogP contribution in [0.4, 0.5) is 5.69 Å². The van der Waals surface area contributed by atoms with E-state index >= 15 is 0 Å². The van der Waals surface area contributed by atoms with Crippen LogP contribution in [0.1, 0.15) is 5.56 Å². The molecule has 2 aromatic carbocycles. The van der Waals surface area contributed by atoms with Crippen molar-refractivity contribution >= 4 is 33.2 Å². The molecule has 25 heavy (non-hydrogen) atoms. The van der Waals surface area contributed by atoms with E-state index in [1.54, 1.807) is 24.3 Å². The fourth-order valence-corrected chi connectivity index (χ4v) is 3.30. The lowest BCUT2D eigenvalue weighted by molar-refractivity contribution is -0.115. The molecule has 0 heterocycles. The molecule has 1 amide bonds. The Balaban J connectivity index is 2.28. The fourth-order valence-electron chi connectivity index (χ4n) is 2.17. The topological polar surface area (TPSA) is 75.7 Å².